The van der Waals surface area contributed by atoms with Crippen LogP contribution in [-0.4, -0.2) is 11.1 Å². The third kappa shape index (κ3) is 1.34. The molecule has 0 amide bonds. The van der Waals surface area contributed by atoms with Gasteiger partial charge in [-0.15, -0.1) is 0 Å². The third-order valence-corrected chi connectivity index (χ3v) is 2.61. The SMILES string of the molecule is N[C@H]1CCc2c(F)cccc2[C@@H]1O. The molecular formula is C10H12FNO. The molecule has 3 N–H and O–H groups in total. The minimum absolute atomic E-state index is 0.233. The second kappa shape index (κ2) is 3.09. The summed E-state index contributed by atoms with van der Waals surface area (Å²) < 4.78 is 13.2. The maximum Gasteiger partial charge on any atom is 0.126 e. The van der Waals surface area contributed by atoms with Crippen LogP contribution >= 0.6 is 0 Å². The van der Waals surface area contributed by atoms with Crippen molar-refractivity contribution in [1.82, 2.24) is 0 Å². The van der Waals surface area contributed by atoms with Crippen LogP contribution in [0.25, 0.3) is 0 Å². The van der Waals surface area contributed by atoms with Crippen LogP contribution in [0.3, 0.4) is 0 Å². The summed E-state index contributed by atoms with van der Waals surface area (Å²) in [4.78, 5) is 0. The van der Waals surface area contributed by atoms with Gasteiger partial charge in [-0.3, -0.25) is 0 Å². The number of aliphatic hydroxyl groups excluding tert-OH is 1. The van der Waals surface area contributed by atoms with Gasteiger partial charge in [0.2, 0.25) is 0 Å². The van der Waals surface area contributed by atoms with Gasteiger partial charge in [0.05, 0.1) is 6.10 Å². The fraction of sp³-hybridized carbons (Fsp3) is 0.400. The van der Waals surface area contributed by atoms with Gasteiger partial charge in [-0.1, -0.05) is 12.1 Å². The van der Waals surface area contributed by atoms with Crippen molar-refractivity contribution in [2.45, 2.75) is 25.0 Å². The summed E-state index contributed by atoms with van der Waals surface area (Å²) in [7, 11) is 0. The number of hydrogen-bond acceptors (Lipinski definition) is 2. The monoisotopic (exact) mass is 181 g/mol. The van der Waals surface area contributed by atoms with E-state index in [1.54, 1.807) is 12.1 Å². The zero-order valence-electron chi connectivity index (χ0n) is 7.20. The molecule has 1 aromatic rings. The summed E-state index contributed by atoms with van der Waals surface area (Å²) in [6.07, 6.45) is 0.564. The van der Waals surface area contributed by atoms with E-state index in [0.29, 0.717) is 24.0 Å². The quantitative estimate of drug-likeness (QED) is 0.630. The lowest BCUT2D eigenvalue weighted by atomic mass is 9.86. The Balaban J connectivity index is 2.49. The van der Waals surface area contributed by atoms with Crippen molar-refractivity contribution in [3.8, 4) is 0 Å². The number of aliphatic hydroxyl groups is 1. The van der Waals surface area contributed by atoms with Gasteiger partial charge in [0.15, 0.2) is 0 Å². The van der Waals surface area contributed by atoms with E-state index in [4.69, 9.17) is 5.73 Å². The van der Waals surface area contributed by atoms with E-state index >= 15 is 0 Å². The molecule has 0 saturated carbocycles. The lowest BCUT2D eigenvalue weighted by molar-refractivity contribution is 0.133. The Morgan fingerprint density at radius 2 is 2.23 bits per heavy atom. The molecular weight excluding hydrogens is 169 g/mol. The average Bonchev–Trinajstić information content (AvgIpc) is 2.12. The van der Waals surface area contributed by atoms with Crippen molar-refractivity contribution >= 4 is 0 Å². The summed E-state index contributed by atoms with van der Waals surface area (Å²) in [5.74, 6) is -0.233. The summed E-state index contributed by atoms with van der Waals surface area (Å²) in [5, 5.41) is 9.66. The molecule has 1 aliphatic rings. The predicted molar refractivity (Wildman–Crippen MR) is 47.7 cm³/mol. The number of benzene rings is 1. The number of hydrogen-bond donors (Lipinski definition) is 2. The molecule has 1 aromatic carbocycles. The Kier molecular flexibility index (Phi) is 2.06. The summed E-state index contributed by atoms with van der Waals surface area (Å²) in [6, 6.07) is 4.51. The van der Waals surface area contributed by atoms with Crippen molar-refractivity contribution in [3.05, 3.63) is 35.1 Å². The van der Waals surface area contributed by atoms with Crippen LogP contribution in [0.4, 0.5) is 4.39 Å². The van der Waals surface area contributed by atoms with E-state index in [0.717, 1.165) is 0 Å². The first-order chi connectivity index (χ1) is 6.20. The van der Waals surface area contributed by atoms with Gasteiger partial charge in [-0.2, -0.15) is 0 Å². The minimum atomic E-state index is -0.709. The maximum absolute atomic E-state index is 13.2. The van der Waals surface area contributed by atoms with Crippen molar-refractivity contribution in [3.63, 3.8) is 0 Å². The Morgan fingerprint density at radius 1 is 1.46 bits per heavy atom. The zero-order valence-corrected chi connectivity index (χ0v) is 7.20. The Bertz CT molecular complexity index is 327. The van der Waals surface area contributed by atoms with Gasteiger partial charge < -0.3 is 10.8 Å². The molecule has 70 valence electrons. The lowest BCUT2D eigenvalue weighted by Gasteiger charge is -2.27. The van der Waals surface area contributed by atoms with E-state index in [-0.39, 0.29) is 11.9 Å². The summed E-state index contributed by atoms with van der Waals surface area (Å²) in [6.45, 7) is 0. The van der Waals surface area contributed by atoms with Crippen LogP contribution in [0, 0.1) is 5.82 Å². The van der Waals surface area contributed by atoms with Crippen molar-refractivity contribution in [2.24, 2.45) is 5.73 Å². The van der Waals surface area contributed by atoms with Gasteiger partial charge in [-0.25, -0.2) is 4.39 Å². The highest BCUT2D eigenvalue weighted by Crippen LogP contribution is 2.30. The van der Waals surface area contributed by atoms with E-state index in [2.05, 4.69) is 0 Å². The Hall–Kier alpha value is -0.930. The molecule has 0 fully saturated rings. The highest BCUT2D eigenvalue weighted by molar-refractivity contribution is 5.33. The fourth-order valence-corrected chi connectivity index (χ4v) is 1.82. The molecule has 0 radical (unpaired) electrons. The van der Waals surface area contributed by atoms with E-state index in [1.807, 2.05) is 0 Å². The molecule has 0 bridgehead atoms. The van der Waals surface area contributed by atoms with E-state index in [9.17, 15) is 9.50 Å². The van der Waals surface area contributed by atoms with E-state index < -0.39 is 6.10 Å². The zero-order chi connectivity index (χ0) is 9.42. The Labute approximate surface area is 76.2 Å². The smallest absolute Gasteiger partial charge is 0.126 e. The fourth-order valence-electron chi connectivity index (χ4n) is 1.82. The van der Waals surface area contributed by atoms with Crippen molar-refractivity contribution < 1.29 is 9.50 Å². The highest BCUT2D eigenvalue weighted by atomic mass is 19.1. The lowest BCUT2D eigenvalue weighted by Crippen LogP contribution is -2.33. The summed E-state index contributed by atoms with van der Waals surface area (Å²) >= 11 is 0. The first kappa shape index (κ1) is 8.66. The molecule has 0 spiro atoms. The first-order valence-electron chi connectivity index (χ1n) is 4.41. The largest absolute Gasteiger partial charge is 0.387 e. The normalized spacial score (nSPS) is 27.0. The topological polar surface area (TPSA) is 46.2 Å². The van der Waals surface area contributed by atoms with Crippen molar-refractivity contribution in [2.75, 3.05) is 0 Å². The molecule has 1 aliphatic carbocycles. The van der Waals surface area contributed by atoms with Gasteiger partial charge in [-0.05, 0) is 30.0 Å². The number of halogens is 1. The summed E-state index contributed by atoms with van der Waals surface area (Å²) in [5.41, 5.74) is 6.94. The van der Waals surface area contributed by atoms with E-state index in [1.165, 1.54) is 6.07 Å². The molecule has 0 saturated heterocycles. The first-order valence-corrected chi connectivity index (χ1v) is 4.41. The van der Waals surface area contributed by atoms with Crippen molar-refractivity contribution in [1.29, 1.82) is 0 Å². The average molecular weight is 181 g/mol. The molecule has 0 aliphatic heterocycles. The molecule has 0 aromatic heterocycles. The van der Waals surface area contributed by atoms with Gasteiger partial charge in [0, 0.05) is 6.04 Å². The second-order valence-electron chi connectivity index (χ2n) is 3.45. The van der Waals surface area contributed by atoms with Crippen LogP contribution in [-0.2, 0) is 6.42 Å². The second-order valence-corrected chi connectivity index (χ2v) is 3.45. The van der Waals surface area contributed by atoms with Gasteiger partial charge >= 0.3 is 0 Å². The molecule has 2 atom stereocenters. The van der Waals surface area contributed by atoms with Gasteiger partial charge in [0.1, 0.15) is 5.82 Å². The van der Waals surface area contributed by atoms with Crippen LogP contribution in [0.1, 0.15) is 23.7 Å². The number of rotatable bonds is 0. The highest BCUT2D eigenvalue weighted by Gasteiger charge is 2.26. The maximum atomic E-state index is 13.2. The third-order valence-electron chi connectivity index (χ3n) is 2.61. The van der Waals surface area contributed by atoms with Crippen LogP contribution in [0.5, 0.6) is 0 Å². The molecule has 2 nitrogen and oxygen atoms in total. The van der Waals surface area contributed by atoms with Crippen LogP contribution in [0.15, 0.2) is 18.2 Å². The van der Waals surface area contributed by atoms with Crippen LogP contribution < -0.4 is 5.73 Å². The number of fused-ring (bicyclic) bond motifs is 1. The predicted octanol–water partition coefficient (Wildman–Crippen LogP) is 1.13. The van der Waals surface area contributed by atoms with Crippen LogP contribution in [0.2, 0.25) is 0 Å². The number of nitrogens with two attached hydrogens (primary N) is 1. The molecule has 3 heteroatoms. The molecule has 13 heavy (non-hydrogen) atoms. The minimum Gasteiger partial charge on any atom is -0.387 e. The molecule has 2 rings (SSSR count). The van der Waals surface area contributed by atoms with Gasteiger partial charge in [0.25, 0.3) is 0 Å². The Morgan fingerprint density at radius 3 is 3.00 bits per heavy atom. The molecule has 0 heterocycles. The standard InChI is InChI=1S/C10H12FNO/c11-8-3-1-2-7-6(8)4-5-9(12)10(7)13/h1-3,9-10,13H,4-5,12H2/t9-,10-/m0/s1. The molecule has 0 unspecified atom stereocenters.